The zero-order valence-corrected chi connectivity index (χ0v) is 7.04. The number of aromatic nitrogens is 2. The van der Waals surface area contributed by atoms with Crippen molar-refractivity contribution in [3.63, 3.8) is 0 Å². The van der Waals surface area contributed by atoms with Crippen LogP contribution in [0.25, 0.3) is 5.52 Å². The van der Waals surface area contributed by atoms with Crippen molar-refractivity contribution in [2.75, 3.05) is 0 Å². The summed E-state index contributed by atoms with van der Waals surface area (Å²) in [7, 11) is 0. The van der Waals surface area contributed by atoms with E-state index in [1.807, 2.05) is 6.92 Å². The molecule has 0 atom stereocenters. The van der Waals surface area contributed by atoms with E-state index in [-0.39, 0.29) is 5.69 Å². The van der Waals surface area contributed by atoms with Crippen LogP contribution in [0.2, 0.25) is 0 Å². The molecule has 13 heavy (non-hydrogen) atoms. The Bertz CT molecular complexity index is 434. The van der Waals surface area contributed by atoms with Crippen LogP contribution >= 0.6 is 0 Å². The topological polar surface area (TPSA) is 17.3 Å². The molecule has 0 radical (unpaired) electrons. The largest absolute Gasteiger partial charge is 0.318 e. The maximum Gasteiger partial charge on any atom is 0.282 e. The first-order valence-electron chi connectivity index (χ1n) is 3.91. The van der Waals surface area contributed by atoms with Gasteiger partial charge in [0.05, 0.1) is 5.52 Å². The molecule has 0 bridgehead atoms. The van der Waals surface area contributed by atoms with Crippen LogP contribution in [0.4, 0.5) is 8.78 Å². The van der Waals surface area contributed by atoms with Crippen molar-refractivity contribution in [3.05, 3.63) is 35.9 Å². The maximum absolute atomic E-state index is 12.4. The molecule has 2 aromatic heterocycles. The quantitative estimate of drug-likeness (QED) is 0.662. The summed E-state index contributed by atoms with van der Waals surface area (Å²) in [4.78, 5) is 3.65. The fraction of sp³-hybridized carbons (Fsp3) is 0.222. The van der Waals surface area contributed by atoms with Crippen LogP contribution in [0.5, 0.6) is 0 Å². The van der Waals surface area contributed by atoms with Crippen LogP contribution in [0.3, 0.4) is 0 Å². The normalized spacial score (nSPS) is 11.4. The van der Waals surface area contributed by atoms with Crippen LogP contribution in [0, 0.1) is 6.92 Å². The number of rotatable bonds is 1. The molecule has 0 aliphatic rings. The number of hydrogen-bond donors (Lipinski definition) is 0. The first kappa shape index (κ1) is 8.16. The molecule has 0 spiro atoms. The van der Waals surface area contributed by atoms with E-state index in [4.69, 9.17) is 0 Å². The Morgan fingerprint density at radius 1 is 1.38 bits per heavy atom. The molecule has 0 unspecified atom stereocenters. The van der Waals surface area contributed by atoms with Gasteiger partial charge in [0.2, 0.25) is 0 Å². The molecule has 2 aromatic rings. The molecule has 2 heterocycles. The van der Waals surface area contributed by atoms with Crippen molar-refractivity contribution < 1.29 is 8.78 Å². The Morgan fingerprint density at radius 3 is 2.85 bits per heavy atom. The first-order chi connectivity index (χ1) is 6.20. The molecule has 0 fully saturated rings. The summed E-state index contributed by atoms with van der Waals surface area (Å²) in [6.45, 7) is 1.86. The minimum atomic E-state index is -2.52. The van der Waals surface area contributed by atoms with Gasteiger partial charge >= 0.3 is 0 Å². The fourth-order valence-electron chi connectivity index (χ4n) is 1.37. The summed E-state index contributed by atoms with van der Waals surface area (Å²) >= 11 is 0. The number of aryl methyl sites for hydroxylation is 1. The van der Waals surface area contributed by atoms with Gasteiger partial charge in [-0.1, -0.05) is 0 Å². The lowest BCUT2D eigenvalue weighted by Crippen LogP contribution is -1.95. The second-order valence-electron chi connectivity index (χ2n) is 2.84. The van der Waals surface area contributed by atoms with E-state index >= 15 is 0 Å². The standard InChI is InChI=1S/C9H8F2N2/c1-6-2-3-7-8(9(10)11)12-4-5-13(6)7/h2-5,9H,1H3. The van der Waals surface area contributed by atoms with E-state index in [0.29, 0.717) is 5.52 Å². The summed E-state index contributed by atoms with van der Waals surface area (Å²) in [5.74, 6) is 0. The molecule has 0 saturated heterocycles. The minimum Gasteiger partial charge on any atom is -0.318 e. The second-order valence-corrected chi connectivity index (χ2v) is 2.84. The van der Waals surface area contributed by atoms with E-state index in [0.717, 1.165) is 5.69 Å². The van der Waals surface area contributed by atoms with Crippen LogP contribution in [0.1, 0.15) is 17.8 Å². The number of alkyl halides is 2. The Balaban J connectivity index is 2.77. The van der Waals surface area contributed by atoms with Crippen molar-refractivity contribution in [3.8, 4) is 0 Å². The van der Waals surface area contributed by atoms with Gasteiger partial charge in [0.1, 0.15) is 5.69 Å². The van der Waals surface area contributed by atoms with Gasteiger partial charge < -0.3 is 4.40 Å². The van der Waals surface area contributed by atoms with Crippen LogP contribution in [0.15, 0.2) is 24.5 Å². The third-order valence-electron chi connectivity index (χ3n) is 2.02. The summed E-state index contributed by atoms with van der Waals surface area (Å²) < 4.78 is 26.6. The second kappa shape index (κ2) is 2.80. The van der Waals surface area contributed by atoms with Gasteiger partial charge in [0.25, 0.3) is 6.43 Å². The molecule has 0 aliphatic heterocycles. The van der Waals surface area contributed by atoms with Crippen LogP contribution in [-0.4, -0.2) is 9.38 Å². The summed E-state index contributed by atoms with van der Waals surface area (Å²) in [5.41, 5.74) is 1.25. The fourth-order valence-corrected chi connectivity index (χ4v) is 1.37. The number of hydrogen-bond acceptors (Lipinski definition) is 1. The molecule has 0 aliphatic carbocycles. The summed E-state index contributed by atoms with van der Waals surface area (Å²) in [6.07, 6.45) is 0.552. The lowest BCUT2D eigenvalue weighted by molar-refractivity contribution is 0.147. The average Bonchev–Trinajstić information content (AvgIpc) is 2.48. The van der Waals surface area contributed by atoms with Crippen molar-refractivity contribution in [1.29, 1.82) is 0 Å². The van der Waals surface area contributed by atoms with Gasteiger partial charge in [-0.3, -0.25) is 4.98 Å². The third kappa shape index (κ3) is 1.18. The van der Waals surface area contributed by atoms with E-state index in [9.17, 15) is 8.78 Å². The van der Waals surface area contributed by atoms with Gasteiger partial charge in [-0.2, -0.15) is 0 Å². The van der Waals surface area contributed by atoms with Crippen molar-refractivity contribution in [2.24, 2.45) is 0 Å². The molecule has 0 N–H and O–H groups in total. The van der Waals surface area contributed by atoms with E-state index in [1.165, 1.54) is 6.20 Å². The van der Waals surface area contributed by atoms with Crippen molar-refractivity contribution in [2.45, 2.75) is 13.3 Å². The van der Waals surface area contributed by atoms with Gasteiger partial charge in [-0.25, -0.2) is 8.78 Å². The Labute approximate surface area is 73.8 Å². The minimum absolute atomic E-state index is 0.157. The highest BCUT2D eigenvalue weighted by Gasteiger charge is 2.13. The van der Waals surface area contributed by atoms with Crippen LogP contribution in [-0.2, 0) is 0 Å². The summed E-state index contributed by atoms with van der Waals surface area (Å²) in [5, 5.41) is 0. The smallest absolute Gasteiger partial charge is 0.282 e. The number of fused-ring (bicyclic) bond motifs is 1. The average molecular weight is 182 g/mol. The highest BCUT2D eigenvalue weighted by Crippen LogP contribution is 2.22. The van der Waals surface area contributed by atoms with Gasteiger partial charge in [-0.05, 0) is 19.1 Å². The van der Waals surface area contributed by atoms with Gasteiger partial charge in [-0.15, -0.1) is 0 Å². The lowest BCUT2D eigenvalue weighted by Gasteiger charge is -2.02. The maximum atomic E-state index is 12.4. The molecule has 2 rings (SSSR count). The molecule has 0 aromatic carbocycles. The zero-order chi connectivity index (χ0) is 9.42. The Kier molecular flexibility index (Phi) is 1.76. The molecule has 4 heteroatoms. The van der Waals surface area contributed by atoms with E-state index in [1.54, 1.807) is 22.7 Å². The Hall–Kier alpha value is -1.45. The third-order valence-corrected chi connectivity index (χ3v) is 2.02. The SMILES string of the molecule is Cc1ccc2c(C(F)F)nccn12. The van der Waals surface area contributed by atoms with Crippen LogP contribution < -0.4 is 0 Å². The molecular weight excluding hydrogens is 174 g/mol. The lowest BCUT2D eigenvalue weighted by atomic mass is 10.3. The Morgan fingerprint density at radius 2 is 2.15 bits per heavy atom. The molecule has 2 nitrogen and oxygen atoms in total. The molecule has 0 amide bonds. The number of nitrogens with zero attached hydrogens (tertiary/aromatic N) is 2. The molecule has 0 saturated carbocycles. The highest BCUT2D eigenvalue weighted by molar-refractivity contribution is 5.54. The zero-order valence-electron chi connectivity index (χ0n) is 7.04. The predicted octanol–water partition coefficient (Wildman–Crippen LogP) is 2.58. The first-order valence-corrected chi connectivity index (χ1v) is 3.91. The van der Waals surface area contributed by atoms with Gasteiger partial charge in [0.15, 0.2) is 0 Å². The van der Waals surface area contributed by atoms with Crippen molar-refractivity contribution in [1.82, 2.24) is 9.38 Å². The van der Waals surface area contributed by atoms with Gasteiger partial charge in [0, 0.05) is 18.1 Å². The number of halogens is 2. The monoisotopic (exact) mass is 182 g/mol. The van der Waals surface area contributed by atoms with E-state index in [2.05, 4.69) is 4.98 Å². The molecule has 68 valence electrons. The van der Waals surface area contributed by atoms with Crippen molar-refractivity contribution >= 4 is 5.52 Å². The highest BCUT2D eigenvalue weighted by atomic mass is 19.3. The molecular formula is C9H8F2N2. The van der Waals surface area contributed by atoms with E-state index < -0.39 is 6.43 Å². The summed E-state index contributed by atoms with van der Waals surface area (Å²) in [6, 6.07) is 3.45. The predicted molar refractivity (Wildman–Crippen MR) is 44.9 cm³/mol.